The molecule has 0 spiro atoms. The molecule has 1 rings (SSSR count). The van der Waals surface area contributed by atoms with E-state index < -0.39 is 0 Å². The van der Waals surface area contributed by atoms with Crippen LogP contribution in [0.1, 0.15) is 50.7 Å². The zero-order valence-corrected chi connectivity index (χ0v) is 15.7. The molecule has 23 heavy (non-hydrogen) atoms. The van der Waals surface area contributed by atoms with Crippen molar-refractivity contribution in [3.05, 3.63) is 40.8 Å². The number of hydrogen-bond donors (Lipinski definition) is 0. The Labute approximate surface area is 150 Å². The van der Waals surface area contributed by atoms with Gasteiger partial charge in [0, 0.05) is 0 Å². The summed E-state index contributed by atoms with van der Waals surface area (Å²) in [6.07, 6.45) is 7.84. The number of ether oxygens (including phenoxy) is 2. The van der Waals surface area contributed by atoms with E-state index in [-0.39, 0.29) is 4.49 Å². The van der Waals surface area contributed by atoms with Crippen molar-refractivity contribution in [3.63, 3.8) is 0 Å². The number of hydrogen-bond acceptors (Lipinski definition) is 2. The third-order valence-corrected chi connectivity index (χ3v) is 3.92. The smallest absolute Gasteiger partial charge is 0.125 e. The van der Waals surface area contributed by atoms with Gasteiger partial charge in [-0.15, -0.1) is 0 Å². The zero-order chi connectivity index (χ0) is 17.1. The fourth-order valence-electron chi connectivity index (χ4n) is 2.35. The monoisotopic (exact) mass is 357 g/mol. The Morgan fingerprint density at radius 2 is 1.70 bits per heavy atom. The lowest BCUT2D eigenvalue weighted by atomic mass is 10.0. The van der Waals surface area contributed by atoms with Crippen molar-refractivity contribution in [3.8, 4) is 11.5 Å². The normalized spacial score (nSPS) is 10.5. The van der Waals surface area contributed by atoms with Gasteiger partial charge >= 0.3 is 0 Å². The van der Waals surface area contributed by atoms with E-state index in [1.807, 2.05) is 12.1 Å². The van der Waals surface area contributed by atoms with E-state index in [1.165, 1.54) is 17.5 Å². The van der Waals surface area contributed by atoms with Gasteiger partial charge in [0.1, 0.15) is 22.6 Å². The molecule has 0 aliphatic rings. The van der Waals surface area contributed by atoms with Gasteiger partial charge in [-0.25, -0.2) is 0 Å². The number of aryl methyl sites for hydroxylation is 2. The highest BCUT2D eigenvalue weighted by Gasteiger charge is 2.11. The van der Waals surface area contributed by atoms with Crippen molar-refractivity contribution in [2.45, 2.75) is 52.4 Å². The van der Waals surface area contributed by atoms with Crippen LogP contribution in [0.15, 0.2) is 22.7 Å². The van der Waals surface area contributed by atoms with Crippen LogP contribution < -0.4 is 9.47 Å². The minimum atomic E-state index is 0.221. The van der Waals surface area contributed by atoms with Gasteiger partial charge in [-0.05, 0) is 48.6 Å². The Morgan fingerprint density at radius 3 is 2.22 bits per heavy atom. The van der Waals surface area contributed by atoms with E-state index >= 15 is 0 Å². The minimum Gasteiger partial charge on any atom is -0.493 e. The quantitative estimate of drug-likeness (QED) is 0.433. The summed E-state index contributed by atoms with van der Waals surface area (Å²) in [4.78, 5) is 0. The summed E-state index contributed by atoms with van der Waals surface area (Å²) in [6.45, 7) is 9.24. The molecule has 0 heterocycles. The predicted octanol–water partition coefficient (Wildman–Crippen LogP) is 6.28. The first-order valence-electron chi connectivity index (χ1n) is 8.34. The second-order valence-electron chi connectivity index (χ2n) is 5.35. The predicted molar refractivity (Wildman–Crippen MR) is 99.8 cm³/mol. The van der Waals surface area contributed by atoms with Crippen molar-refractivity contribution < 1.29 is 9.47 Å². The van der Waals surface area contributed by atoms with Gasteiger partial charge in [0.15, 0.2) is 0 Å². The van der Waals surface area contributed by atoms with E-state index in [1.54, 1.807) is 6.08 Å². The maximum Gasteiger partial charge on any atom is 0.125 e. The molecule has 0 N–H and O–H groups in total. The number of unbranched alkanes of at least 4 members (excludes halogenated alkanes) is 3. The van der Waals surface area contributed by atoms with Gasteiger partial charge in [0.05, 0.1) is 6.61 Å². The summed E-state index contributed by atoms with van der Waals surface area (Å²) in [6, 6.07) is 4.08. The first-order valence-corrected chi connectivity index (χ1v) is 9.09. The molecular formula is C19H27Cl2O2. The van der Waals surface area contributed by atoms with Gasteiger partial charge < -0.3 is 9.47 Å². The van der Waals surface area contributed by atoms with E-state index in [0.717, 1.165) is 50.2 Å². The third kappa shape index (κ3) is 7.50. The van der Waals surface area contributed by atoms with Crippen molar-refractivity contribution in [2.24, 2.45) is 0 Å². The van der Waals surface area contributed by atoms with Crippen molar-refractivity contribution in [1.29, 1.82) is 0 Å². The molecule has 4 heteroatoms. The molecule has 2 nitrogen and oxygen atoms in total. The van der Waals surface area contributed by atoms with Gasteiger partial charge in [0.25, 0.3) is 0 Å². The molecule has 0 bridgehead atoms. The summed E-state index contributed by atoms with van der Waals surface area (Å²) in [7, 11) is 0. The molecular weight excluding hydrogens is 331 g/mol. The second kappa shape index (κ2) is 11.6. The van der Waals surface area contributed by atoms with E-state index in [0.29, 0.717) is 6.61 Å². The number of halogens is 2. The average Bonchev–Trinajstić information content (AvgIpc) is 2.54. The van der Waals surface area contributed by atoms with Crippen LogP contribution in [0.4, 0.5) is 0 Å². The first kappa shape index (κ1) is 20.2. The van der Waals surface area contributed by atoms with Gasteiger partial charge in [-0.1, -0.05) is 63.2 Å². The van der Waals surface area contributed by atoms with Gasteiger partial charge in [-0.3, -0.25) is 0 Å². The summed E-state index contributed by atoms with van der Waals surface area (Å²) in [5.41, 5.74) is 2.36. The molecule has 0 aliphatic heterocycles. The van der Waals surface area contributed by atoms with Crippen LogP contribution in [-0.2, 0) is 12.8 Å². The van der Waals surface area contributed by atoms with E-state index in [9.17, 15) is 0 Å². The topological polar surface area (TPSA) is 18.5 Å². The molecule has 1 radical (unpaired) electrons. The van der Waals surface area contributed by atoms with Crippen molar-refractivity contribution in [1.82, 2.24) is 0 Å². The standard InChI is InChI=1S/C19H27Cl2O2/c1-4-7-8-9-11-23-19-15(5-2)13-17(14-16(19)6-3)22-12-10-18(20)21/h10,13-14H,1,4-9,11-12H2,2-3H3. The Balaban J connectivity index is 2.78. The molecule has 0 atom stereocenters. The van der Waals surface area contributed by atoms with Crippen LogP contribution in [0.25, 0.3) is 0 Å². The molecule has 0 aromatic heterocycles. The Kier molecular flexibility index (Phi) is 10.2. The summed E-state index contributed by atoms with van der Waals surface area (Å²) < 4.78 is 12.0. The van der Waals surface area contributed by atoms with Crippen molar-refractivity contribution >= 4 is 23.2 Å². The van der Waals surface area contributed by atoms with Crippen LogP contribution in [0.5, 0.6) is 11.5 Å². The molecule has 1 aromatic rings. The molecule has 0 fully saturated rings. The highest BCUT2D eigenvalue weighted by atomic mass is 35.5. The average molecular weight is 358 g/mol. The largest absolute Gasteiger partial charge is 0.493 e. The van der Waals surface area contributed by atoms with Crippen LogP contribution in [-0.4, -0.2) is 13.2 Å². The van der Waals surface area contributed by atoms with E-state index in [4.69, 9.17) is 32.7 Å². The fourth-order valence-corrected chi connectivity index (χ4v) is 2.47. The maximum absolute atomic E-state index is 6.06. The minimum absolute atomic E-state index is 0.221. The van der Waals surface area contributed by atoms with Crippen LogP contribution in [0.3, 0.4) is 0 Å². The van der Waals surface area contributed by atoms with Crippen LogP contribution >= 0.6 is 23.2 Å². The lowest BCUT2D eigenvalue weighted by molar-refractivity contribution is 0.298. The summed E-state index contributed by atoms with van der Waals surface area (Å²) in [5.74, 6) is 1.84. The SMILES string of the molecule is [CH2]CCCCCOc1c(CC)cc(OCC=C(Cl)Cl)cc1CC. The lowest BCUT2D eigenvalue weighted by Gasteiger charge is -2.17. The van der Waals surface area contributed by atoms with Gasteiger partial charge in [0.2, 0.25) is 0 Å². The molecule has 0 saturated carbocycles. The molecule has 129 valence electrons. The molecule has 0 unspecified atom stereocenters. The Morgan fingerprint density at radius 1 is 1.04 bits per heavy atom. The zero-order valence-electron chi connectivity index (χ0n) is 14.2. The Hall–Kier alpha value is -0.860. The molecule has 1 aromatic carbocycles. The molecule has 0 amide bonds. The number of benzene rings is 1. The van der Waals surface area contributed by atoms with E-state index in [2.05, 4.69) is 20.8 Å². The number of rotatable bonds is 11. The first-order chi connectivity index (χ1) is 11.1. The van der Waals surface area contributed by atoms with Crippen molar-refractivity contribution in [2.75, 3.05) is 13.2 Å². The third-order valence-electron chi connectivity index (χ3n) is 3.61. The molecule has 0 saturated heterocycles. The highest BCUT2D eigenvalue weighted by molar-refractivity contribution is 6.55. The van der Waals surface area contributed by atoms with Crippen LogP contribution in [0.2, 0.25) is 0 Å². The summed E-state index contributed by atoms with van der Waals surface area (Å²) in [5, 5.41) is 0. The summed E-state index contributed by atoms with van der Waals surface area (Å²) >= 11 is 11.2. The second-order valence-corrected chi connectivity index (χ2v) is 6.35. The van der Waals surface area contributed by atoms with Gasteiger partial charge in [-0.2, -0.15) is 0 Å². The Bertz CT molecular complexity index is 469. The lowest BCUT2D eigenvalue weighted by Crippen LogP contribution is -2.04. The highest BCUT2D eigenvalue weighted by Crippen LogP contribution is 2.31. The maximum atomic E-state index is 6.06. The fraction of sp³-hybridized carbons (Fsp3) is 0.526. The van der Waals surface area contributed by atoms with Crippen LogP contribution in [0, 0.1) is 6.92 Å². The molecule has 0 aliphatic carbocycles.